The van der Waals surface area contributed by atoms with Gasteiger partial charge in [-0.1, -0.05) is 44.2 Å². The van der Waals surface area contributed by atoms with E-state index in [0.29, 0.717) is 36.1 Å². The average molecular weight is 590 g/mol. The number of nitrogens with zero attached hydrogens (tertiary/aromatic N) is 3. The molecule has 2 aliphatic heterocycles. The van der Waals surface area contributed by atoms with Crippen molar-refractivity contribution in [3.05, 3.63) is 98.0 Å². The Morgan fingerprint density at radius 1 is 1.02 bits per heavy atom. The lowest BCUT2D eigenvalue weighted by Crippen LogP contribution is -2.65. The molecule has 1 saturated heterocycles. The summed E-state index contributed by atoms with van der Waals surface area (Å²) < 4.78 is 48.5. The lowest BCUT2D eigenvalue weighted by Gasteiger charge is -2.54. The molecule has 2 atom stereocenters. The molecule has 4 aromatic rings. The largest absolute Gasteiger partial charge is 0.502 e. The minimum Gasteiger partial charge on any atom is -0.502 e. The maximum Gasteiger partial charge on any atom is 0.280 e. The van der Waals surface area contributed by atoms with Crippen LogP contribution < -0.4 is 10.4 Å². The SMILES string of the molecule is CC1(C)CCN2C(=O)c3c(O)c(=O)ccn3N([C@@H]3c4ccccc4-c4scc5c4-c4c3ccc(F)c4C(F)(F)C5)[C@@H]2C1. The zero-order chi connectivity index (χ0) is 29.3. The van der Waals surface area contributed by atoms with Gasteiger partial charge in [-0.3, -0.25) is 19.3 Å². The van der Waals surface area contributed by atoms with Crippen molar-refractivity contribution in [3.8, 4) is 27.3 Å². The molecule has 0 spiro atoms. The molecule has 2 aliphatic carbocycles. The predicted molar refractivity (Wildman–Crippen MR) is 153 cm³/mol. The Labute approximate surface area is 243 Å². The van der Waals surface area contributed by atoms with Crippen LogP contribution in [0.4, 0.5) is 13.2 Å². The molecule has 8 rings (SSSR count). The van der Waals surface area contributed by atoms with Gasteiger partial charge in [-0.25, -0.2) is 13.2 Å². The molecule has 0 unspecified atom stereocenters. The van der Waals surface area contributed by atoms with Crippen LogP contribution in [0.15, 0.2) is 58.8 Å². The highest BCUT2D eigenvalue weighted by Gasteiger charge is 2.51. The van der Waals surface area contributed by atoms with Crippen molar-refractivity contribution >= 4 is 17.2 Å². The third-order valence-corrected chi connectivity index (χ3v) is 10.4. The summed E-state index contributed by atoms with van der Waals surface area (Å²) >= 11 is 1.37. The van der Waals surface area contributed by atoms with E-state index in [4.69, 9.17) is 0 Å². The number of aromatic hydroxyl groups is 1. The molecule has 1 N–H and O–H groups in total. The molecule has 42 heavy (non-hydrogen) atoms. The van der Waals surface area contributed by atoms with E-state index in [0.717, 1.165) is 22.1 Å². The molecule has 2 aromatic carbocycles. The Bertz CT molecular complexity index is 1910. The molecule has 0 saturated carbocycles. The normalized spacial score (nSPS) is 22.5. The van der Waals surface area contributed by atoms with Crippen LogP contribution in [0.2, 0.25) is 0 Å². The summed E-state index contributed by atoms with van der Waals surface area (Å²) in [6.45, 7) is 4.63. The number of fused-ring (bicyclic) bond motifs is 4. The van der Waals surface area contributed by atoms with Crippen molar-refractivity contribution in [1.29, 1.82) is 0 Å². The number of amides is 1. The fourth-order valence-corrected chi connectivity index (χ4v) is 8.53. The van der Waals surface area contributed by atoms with Gasteiger partial charge in [0.25, 0.3) is 11.8 Å². The number of benzene rings is 2. The second-order valence-corrected chi connectivity index (χ2v) is 13.3. The van der Waals surface area contributed by atoms with Crippen molar-refractivity contribution < 1.29 is 23.1 Å². The number of pyridine rings is 1. The van der Waals surface area contributed by atoms with Crippen molar-refractivity contribution in [3.63, 3.8) is 0 Å². The first-order chi connectivity index (χ1) is 20.0. The highest BCUT2D eigenvalue weighted by Crippen LogP contribution is 2.58. The lowest BCUT2D eigenvalue weighted by molar-refractivity contribution is -0.00825. The second-order valence-electron chi connectivity index (χ2n) is 12.4. The van der Waals surface area contributed by atoms with E-state index in [1.807, 2.05) is 29.3 Å². The Hall–Kier alpha value is -4.05. The first kappa shape index (κ1) is 25.6. The molecular weight excluding hydrogens is 563 g/mol. The van der Waals surface area contributed by atoms with Gasteiger partial charge in [0, 0.05) is 41.2 Å². The maximum absolute atomic E-state index is 15.8. The Kier molecular flexibility index (Phi) is 5.05. The number of halogens is 3. The average Bonchev–Trinajstić information content (AvgIpc) is 3.30. The fourth-order valence-electron chi connectivity index (χ4n) is 7.40. The van der Waals surface area contributed by atoms with E-state index in [-0.39, 0.29) is 16.7 Å². The molecule has 214 valence electrons. The molecule has 4 aliphatic rings. The Balaban J connectivity index is 1.50. The summed E-state index contributed by atoms with van der Waals surface area (Å²) in [6, 6.07) is 10.8. The summed E-state index contributed by atoms with van der Waals surface area (Å²) in [5, 5.41) is 14.6. The third kappa shape index (κ3) is 3.27. The van der Waals surface area contributed by atoms with Crippen LogP contribution in [-0.2, 0) is 12.3 Å². The van der Waals surface area contributed by atoms with E-state index in [2.05, 4.69) is 13.8 Å². The number of hydrogen-bond donors (Lipinski definition) is 1. The number of alkyl halides is 2. The smallest absolute Gasteiger partial charge is 0.280 e. The molecule has 0 bridgehead atoms. The first-order valence-corrected chi connectivity index (χ1v) is 14.8. The monoisotopic (exact) mass is 589 g/mol. The molecule has 2 aromatic heterocycles. The number of carbonyl (C=O) groups is 1. The zero-order valence-corrected chi connectivity index (χ0v) is 23.6. The highest BCUT2D eigenvalue weighted by molar-refractivity contribution is 7.14. The summed E-state index contributed by atoms with van der Waals surface area (Å²) in [5.41, 5.74) is 1.79. The van der Waals surface area contributed by atoms with Gasteiger partial charge < -0.3 is 10.0 Å². The third-order valence-electron chi connectivity index (χ3n) is 9.34. The summed E-state index contributed by atoms with van der Waals surface area (Å²) in [7, 11) is 0. The predicted octanol–water partition coefficient (Wildman–Crippen LogP) is 6.38. The van der Waals surface area contributed by atoms with Crippen LogP contribution in [0.5, 0.6) is 5.75 Å². The first-order valence-electron chi connectivity index (χ1n) is 13.9. The van der Waals surface area contributed by atoms with Gasteiger partial charge in [0.2, 0.25) is 5.43 Å². The van der Waals surface area contributed by atoms with Crippen LogP contribution in [0.1, 0.15) is 65.5 Å². The molecule has 0 radical (unpaired) electrons. The molecule has 1 amide bonds. The van der Waals surface area contributed by atoms with Gasteiger partial charge in [0.05, 0.1) is 11.6 Å². The zero-order valence-electron chi connectivity index (χ0n) is 22.8. The Morgan fingerprint density at radius 3 is 2.62 bits per heavy atom. The number of aromatic nitrogens is 1. The lowest BCUT2D eigenvalue weighted by atomic mass is 9.78. The van der Waals surface area contributed by atoms with E-state index in [1.165, 1.54) is 28.3 Å². The summed E-state index contributed by atoms with van der Waals surface area (Å²) in [5.74, 6) is -5.49. The second kappa shape index (κ2) is 8.28. The van der Waals surface area contributed by atoms with Crippen molar-refractivity contribution in [1.82, 2.24) is 9.58 Å². The van der Waals surface area contributed by atoms with E-state index in [9.17, 15) is 14.7 Å². The van der Waals surface area contributed by atoms with Gasteiger partial charge in [0.1, 0.15) is 12.0 Å². The van der Waals surface area contributed by atoms with Crippen molar-refractivity contribution in [2.75, 3.05) is 11.6 Å². The fraction of sp³-hybridized carbons (Fsp3) is 0.312. The van der Waals surface area contributed by atoms with Crippen molar-refractivity contribution in [2.24, 2.45) is 5.41 Å². The standard InChI is InChI=1S/C32H26F3N3O3S/c1-31(2)10-12-36-22(14-31)38(37-11-9-21(39)28(40)27(37)30(36)41)26-17-5-3-4-6-18(17)29-23-16(15-42-29)13-32(34,35)25-20(33)8-7-19(26)24(23)25/h3-9,11,15,22,26,40H,10,12-14H2,1-2H3/t22-,26-/m1/s1. The molecule has 4 heterocycles. The van der Waals surface area contributed by atoms with Crippen LogP contribution in [0.25, 0.3) is 21.6 Å². The van der Waals surface area contributed by atoms with Gasteiger partial charge in [-0.15, -0.1) is 11.3 Å². The molecule has 10 heteroatoms. The van der Waals surface area contributed by atoms with Gasteiger partial charge in [-0.2, -0.15) is 0 Å². The van der Waals surface area contributed by atoms with Crippen molar-refractivity contribution in [2.45, 2.75) is 51.2 Å². The van der Waals surface area contributed by atoms with E-state index in [1.54, 1.807) is 16.3 Å². The number of piperidine rings is 1. The van der Waals surface area contributed by atoms with E-state index >= 15 is 13.2 Å². The topological polar surface area (TPSA) is 65.8 Å². The molecule has 6 nitrogen and oxygen atoms in total. The van der Waals surface area contributed by atoms with E-state index < -0.39 is 53.0 Å². The number of hydrogen-bond acceptors (Lipinski definition) is 5. The number of carbonyl (C=O) groups excluding carboxylic acids is 1. The van der Waals surface area contributed by atoms with Gasteiger partial charge in [0.15, 0.2) is 11.4 Å². The Morgan fingerprint density at radius 2 is 1.81 bits per heavy atom. The van der Waals surface area contributed by atoms with Crippen LogP contribution in [0.3, 0.4) is 0 Å². The van der Waals surface area contributed by atoms with Crippen LogP contribution in [0, 0.1) is 11.2 Å². The molecular formula is C32H26F3N3O3S. The quantitative estimate of drug-likeness (QED) is 0.280. The number of rotatable bonds is 1. The summed E-state index contributed by atoms with van der Waals surface area (Å²) in [6.07, 6.45) is 1.61. The maximum atomic E-state index is 15.8. The minimum atomic E-state index is -3.42. The van der Waals surface area contributed by atoms with Crippen LogP contribution in [-0.4, -0.2) is 33.3 Å². The number of thiophene rings is 1. The highest BCUT2D eigenvalue weighted by atomic mass is 32.1. The van der Waals surface area contributed by atoms with Crippen LogP contribution >= 0.6 is 11.3 Å². The van der Waals surface area contributed by atoms with Gasteiger partial charge in [-0.05, 0) is 52.0 Å². The molecule has 1 fully saturated rings. The summed E-state index contributed by atoms with van der Waals surface area (Å²) in [4.78, 5) is 28.9. The minimum absolute atomic E-state index is 0.163. The van der Waals surface area contributed by atoms with Gasteiger partial charge >= 0.3 is 0 Å².